The fourth-order valence-electron chi connectivity index (χ4n) is 2.62. The number of nitrogens with one attached hydrogen (secondary N) is 1. The molecule has 0 saturated carbocycles. The highest BCUT2D eigenvalue weighted by Crippen LogP contribution is 2.27. The van der Waals surface area contributed by atoms with Crippen LogP contribution in [0.15, 0.2) is 53.6 Å². The molecule has 0 aliphatic carbocycles. The van der Waals surface area contributed by atoms with Gasteiger partial charge in [-0.05, 0) is 29.8 Å². The molecule has 0 aliphatic heterocycles. The van der Waals surface area contributed by atoms with Crippen molar-refractivity contribution in [2.24, 2.45) is 0 Å². The van der Waals surface area contributed by atoms with E-state index in [9.17, 15) is 17.6 Å². The molecule has 0 bridgehead atoms. The van der Waals surface area contributed by atoms with Crippen LogP contribution in [0.4, 0.5) is 10.2 Å². The van der Waals surface area contributed by atoms with E-state index in [-0.39, 0.29) is 12.1 Å². The maximum Gasteiger partial charge on any atom is 0.256 e. The van der Waals surface area contributed by atoms with Crippen LogP contribution in [0.2, 0.25) is 10.0 Å². The first-order valence-electron chi connectivity index (χ1n) is 8.59. The number of halogens is 3. The average Bonchev–Trinajstić information content (AvgIpc) is 3.12. The van der Waals surface area contributed by atoms with Crippen LogP contribution in [0.25, 0.3) is 0 Å². The van der Waals surface area contributed by atoms with Crippen LogP contribution in [-0.4, -0.2) is 42.5 Å². The summed E-state index contributed by atoms with van der Waals surface area (Å²) in [7, 11) is -1.49. The normalized spacial score (nSPS) is 11.7. The summed E-state index contributed by atoms with van der Waals surface area (Å²) in [6, 6.07) is 9.89. The van der Waals surface area contributed by atoms with E-state index in [0.717, 1.165) is 16.4 Å². The number of carbonyl (C=O) groups excluding carboxylic acids is 1. The molecule has 0 unspecified atom stereocenters. The van der Waals surface area contributed by atoms with E-state index in [0.29, 0.717) is 21.4 Å². The van der Waals surface area contributed by atoms with Gasteiger partial charge in [0.2, 0.25) is 10.0 Å². The topological polar surface area (TPSA) is 84.3 Å². The van der Waals surface area contributed by atoms with Crippen LogP contribution >= 0.6 is 23.2 Å². The fourth-order valence-corrected chi connectivity index (χ4v) is 3.99. The van der Waals surface area contributed by atoms with Gasteiger partial charge in [0.1, 0.15) is 16.5 Å². The van der Waals surface area contributed by atoms with Crippen molar-refractivity contribution in [3.63, 3.8) is 0 Å². The highest BCUT2D eigenvalue weighted by molar-refractivity contribution is 7.89. The zero-order valence-electron chi connectivity index (χ0n) is 15.9. The molecule has 2 aromatic carbocycles. The van der Waals surface area contributed by atoms with E-state index in [1.54, 1.807) is 24.3 Å². The smallest absolute Gasteiger partial charge is 0.256 e. The van der Waals surface area contributed by atoms with Crippen molar-refractivity contribution in [3.8, 4) is 0 Å². The van der Waals surface area contributed by atoms with Crippen molar-refractivity contribution in [3.05, 3.63) is 75.7 Å². The van der Waals surface area contributed by atoms with Crippen molar-refractivity contribution in [2.75, 3.05) is 19.4 Å². The number of aromatic nitrogens is 2. The Morgan fingerprint density at radius 2 is 1.93 bits per heavy atom. The Morgan fingerprint density at radius 3 is 2.63 bits per heavy atom. The monoisotopic (exact) mass is 470 g/mol. The molecule has 158 valence electrons. The van der Waals surface area contributed by atoms with Crippen LogP contribution in [0.1, 0.15) is 15.9 Å². The van der Waals surface area contributed by atoms with E-state index >= 15 is 0 Å². The predicted molar refractivity (Wildman–Crippen MR) is 113 cm³/mol. The lowest BCUT2D eigenvalue weighted by Crippen LogP contribution is -2.24. The molecule has 1 amide bonds. The maximum atomic E-state index is 14.1. The summed E-state index contributed by atoms with van der Waals surface area (Å²) in [5.41, 5.74) is 0.676. The third kappa shape index (κ3) is 4.49. The molecule has 0 saturated heterocycles. The number of carbonyl (C=O) groups is 1. The van der Waals surface area contributed by atoms with Crippen molar-refractivity contribution in [1.82, 2.24) is 14.1 Å². The molecular formula is C19H17Cl2FN4O3S. The number of rotatable bonds is 6. The minimum Gasteiger partial charge on any atom is -0.307 e. The molecule has 7 nitrogen and oxygen atoms in total. The first-order chi connectivity index (χ1) is 14.1. The van der Waals surface area contributed by atoms with Gasteiger partial charge < -0.3 is 5.32 Å². The number of nitrogens with zero attached hydrogens (tertiary/aromatic N) is 3. The molecule has 0 atom stereocenters. The Labute approximate surface area is 183 Å². The number of hydrogen-bond donors (Lipinski definition) is 1. The maximum absolute atomic E-state index is 14.1. The van der Waals surface area contributed by atoms with Gasteiger partial charge in [0.15, 0.2) is 0 Å². The molecule has 0 aliphatic rings. The SMILES string of the molecule is CN(C)S(=O)(=O)c1cc(C(=O)Nc2ccnn2Cc2cccc(Cl)c2Cl)ccc1F. The standard InChI is InChI=1S/C19H17Cl2FN4O3S/c1-25(2)30(28,29)16-10-12(6-7-15(16)22)19(27)24-17-8-9-23-26(17)11-13-4-3-5-14(20)18(13)21/h3-10H,11H2,1-2H3,(H,24,27). The largest absolute Gasteiger partial charge is 0.307 e. The lowest BCUT2D eigenvalue weighted by Gasteiger charge is -2.14. The third-order valence-electron chi connectivity index (χ3n) is 4.26. The Hall–Kier alpha value is -2.46. The van der Waals surface area contributed by atoms with Gasteiger partial charge in [0.05, 0.1) is 22.8 Å². The summed E-state index contributed by atoms with van der Waals surface area (Å²) in [5.74, 6) is -1.22. The minimum absolute atomic E-state index is 0.0228. The number of sulfonamides is 1. The molecular weight excluding hydrogens is 454 g/mol. The van der Waals surface area contributed by atoms with E-state index in [1.165, 1.54) is 31.0 Å². The highest BCUT2D eigenvalue weighted by atomic mass is 35.5. The van der Waals surface area contributed by atoms with Crippen molar-refractivity contribution >= 4 is 45.0 Å². The minimum atomic E-state index is -4.05. The van der Waals surface area contributed by atoms with Crippen LogP contribution in [-0.2, 0) is 16.6 Å². The van der Waals surface area contributed by atoms with E-state index in [4.69, 9.17) is 23.2 Å². The Kier molecular flexibility index (Phi) is 6.47. The van der Waals surface area contributed by atoms with Gasteiger partial charge in [0.25, 0.3) is 5.91 Å². The zero-order valence-corrected chi connectivity index (χ0v) is 18.3. The van der Waals surface area contributed by atoms with Gasteiger partial charge in [-0.2, -0.15) is 5.10 Å². The Balaban J connectivity index is 1.86. The van der Waals surface area contributed by atoms with Gasteiger partial charge in [-0.25, -0.2) is 21.8 Å². The second-order valence-corrected chi connectivity index (χ2v) is 9.38. The third-order valence-corrected chi connectivity index (χ3v) is 6.95. The van der Waals surface area contributed by atoms with Crippen LogP contribution in [0.5, 0.6) is 0 Å². The van der Waals surface area contributed by atoms with Gasteiger partial charge in [-0.3, -0.25) is 4.79 Å². The predicted octanol–water partition coefficient (Wildman–Crippen LogP) is 3.88. The summed E-state index contributed by atoms with van der Waals surface area (Å²) >= 11 is 12.2. The van der Waals surface area contributed by atoms with E-state index < -0.39 is 26.6 Å². The lowest BCUT2D eigenvalue weighted by atomic mass is 10.2. The number of anilines is 1. The second kappa shape index (κ2) is 8.73. The molecule has 1 N–H and O–H groups in total. The highest BCUT2D eigenvalue weighted by Gasteiger charge is 2.23. The second-order valence-electron chi connectivity index (χ2n) is 6.47. The summed E-state index contributed by atoms with van der Waals surface area (Å²) < 4.78 is 41.0. The van der Waals surface area contributed by atoms with Crippen LogP contribution in [0.3, 0.4) is 0 Å². The Bertz CT molecular complexity index is 1210. The summed E-state index contributed by atoms with van der Waals surface area (Å²) in [5, 5.41) is 7.58. The van der Waals surface area contributed by atoms with Crippen molar-refractivity contribution in [1.29, 1.82) is 0 Å². The molecule has 0 spiro atoms. The summed E-state index contributed by atoms with van der Waals surface area (Å²) in [6.45, 7) is 0.242. The fraction of sp³-hybridized carbons (Fsp3) is 0.158. The molecule has 0 fully saturated rings. The molecule has 0 radical (unpaired) electrons. The molecule has 1 heterocycles. The zero-order chi connectivity index (χ0) is 22.1. The van der Waals surface area contributed by atoms with E-state index in [2.05, 4.69) is 10.4 Å². The first kappa shape index (κ1) is 22.2. The van der Waals surface area contributed by atoms with Gasteiger partial charge in [-0.1, -0.05) is 35.3 Å². The number of benzene rings is 2. The van der Waals surface area contributed by atoms with Crippen molar-refractivity contribution in [2.45, 2.75) is 11.4 Å². The summed E-state index contributed by atoms with van der Waals surface area (Å²) in [4.78, 5) is 12.1. The molecule has 3 aromatic rings. The van der Waals surface area contributed by atoms with Crippen LogP contribution < -0.4 is 5.32 Å². The quantitative estimate of drug-likeness (QED) is 0.592. The van der Waals surface area contributed by atoms with E-state index in [1.807, 2.05) is 0 Å². The van der Waals surface area contributed by atoms with Crippen molar-refractivity contribution < 1.29 is 17.6 Å². The summed E-state index contributed by atoms with van der Waals surface area (Å²) in [6.07, 6.45) is 1.49. The van der Waals surface area contributed by atoms with Gasteiger partial charge in [0, 0.05) is 25.7 Å². The number of hydrogen-bond acceptors (Lipinski definition) is 4. The average molecular weight is 471 g/mol. The molecule has 1 aromatic heterocycles. The van der Waals surface area contributed by atoms with Gasteiger partial charge in [-0.15, -0.1) is 0 Å². The van der Waals surface area contributed by atoms with Gasteiger partial charge >= 0.3 is 0 Å². The first-order valence-corrected chi connectivity index (χ1v) is 10.8. The van der Waals surface area contributed by atoms with Crippen LogP contribution in [0, 0.1) is 5.82 Å². The lowest BCUT2D eigenvalue weighted by molar-refractivity contribution is 0.102. The molecule has 11 heteroatoms. The molecule has 3 rings (SSSR count). The Morgan fingerprint density at radius 1 is 1.20 bits per heavy atom. The molecule has 30 heavy (non-hydrogen) atoms. The number of amides is 1.